The first-order valence-electron chi connectivity index (χ1n) is 4.54. The summed E-state index contributed by atoms with van der Waals surface area (Å²) >= 11 is 0. The fraction of sp³-hybridized carbons (Fsp3) is 0.667. The molecule has 0 bridgehead atoms. The number of primary amides is 1. The van der Waals surface area contributed by atoms with Crippen molar-refractivity contribution in [3.8, 4) is 0 Å². The zero-order valence-electron chi connectivity index (χ0n) is 8.80. The first-order chi connectivity index (χ1) is 7.11. The number of nitrogens with two attached hydrogens (primary N) is 2. The first-order valence-corrected chi connectivity index (χ1v) is 4.54. The van der Waals surface area contributed by atoms with Gasteiger partial charge in [-0.2, -0.15) is 0 Å². The van der Waals surface area contributed by atoms with E-state index in [4.69, 9.17) is 25.7 Å². The predicted molar refractivity (Wildman–Crippen MR) is 52.8 cm³/mol. The molecule has 0 saturated carbocycles. The van der Waals surface area contributed by atoms with Gasteiger partial charge in [0.2, 0.25) is 5.91 Å². The van der Waals surface area contributed by atoms with Gasteiger partial charge < -0.3 is 25.7 Å². The molecule has 1 rings (SSSR count). The van der Waals surface area contributed by atoms with Crippen molar-refractivity contribution >= 4 is 5.91 Å². The van der Waals surface area contributed by atoms with Crippen LogP contribution in [0.2, 0.25) is 0 Å². The predicted octanol–water partition coefficient (Wildman–Crippen LogP) is -1.26. The summed E-state index contributed by atoms with van der Waals surface area (Å²) in [6.07, 6.45) is 0.420. The van der Waals surface area contributed by atoms with E-state index in [1.54, 1.807) is 7.11 Å². The van der Waals surface area contributed by atoms with E-state index in [1.807, 2.05) is 0 Å². The Morgan fingerprint density at radius 2 is 2.27 bits per heavy atom. The van der Waals surface area contributed by atoms with Gasteiger partial charge >= 0.3 is 0 Å². The minimum absolute atomic E-state index is 0.248. The van der Waals surface area contributed by atoms with Crippen LogP contribution < -0.4 is 11.5 Å². The number of carbonyl (C=O) groups excluding carboxylic acids is 1. The van der Waals surface area contributed by atoms with Crippen LogP contribution in [0.5, 0.6) is 0 Å². The Labute approximate surface area is 88.1 Å². The van der Waals surface area contributed by atoms with Gasteiger partial charge in [0, 0.05) is 14.2 Å². The Kier molecular flexibility index (Phi) is 4.07. The maximum absolute atomic E-state index is 11.0. The number of hydrogen-bond donors (Lipinski definition) is 2. The third-order valence-electron chi connectivity index (χ3n) is 2.32. The minimum atomic E-state index is -0.590. The molecule has 3 atom stereocenters. The summed E-state index contributed by atoms with van der Waals surface area (Å²) in [6, 6.07) is -0.470. The molecule has 0 aromatic carbocycles. The van der Waals surface area contributed by atoms with Crippen molar-refractivity contribution in [3.63, 3.8) is 0 Å². The lowest BCUT2D eigenvalue weighted by Gasteiger charge is -2.33. The summed E-state index contributed by atoms with van der Waals surface area (Å²) in [7, 11) is 3.02. The van der Waals surface area contributed by atoms with Crippen LogP contribution in [0.4, 0.5) is 0 Å². The van der Waals surface area contributed by atoms with Gasteiger partial charge in [-0.15, -0.1) is 0 Å². The second-order valence-electron chi connectivity index (χ2n) is 3.30. The molecule has 1 aliphatic rings. The van der Waals surface area contributed by atoms with Gasteiger partial charge in [0.1, 0.15) is 12.2 Å². The van der Waals surface area contributed by atoms with Gasteiger partial charge in [-0.1, -0.05) is 0 Å². The lowest BCUT2D eigenvalue weighted by Crippen LogP contribution is -2.53. The van der Waals surface area contributed by atoms with Crippen LogP contribution in [-0.2, 0) is 19.0 Å². The SMILES string of the molecule is COC[C@H]1OC=C(C(N)=O)[C@@H](OC)[C@@H]1N. The van der Waals surface area contributed by atoms with Crippen molar-refractivity contribution < 1.29 is 19.0 Å². The molecule has 0 aromatic heterocycles. The lowest BCUT2D eigenvalue weighted by molar-refractivity contribution is -0.117. The van der Waals surface area contributed by atoms with E-state index in [0.717, 1.165) is 0 Å². The van der Waals surface area contributed by atoms with E-state index < -0.39 is 18.1 Å². The molecule has 1 aliphatic heterocycles. The van der Waals surface area contributed by atoms with Crippen molar-refractivity contribution in [2.75, 3.05) is 20.8 Å². The fourth-order valence-electron chi connectivity index (χ4n) is 1.52. The molecule has 0 fully saturated rings. The molecule has 6 heteroatoms. The number of amides is 1. The topological polar surface area (TPSA) is 96.8 Å². The Hall–Kier alpha value is -1.11. The quantitative estimate of drug-likeness (QED) is 0.611. The van der Waals surface area contributed by atoms with Crippen molar-refractivity contribution in [2.24, 2.45) is 11.5 Å². The number of rotatable bonds is 4. The maximum atomic E-state index is 11.0. The fourth-order valence-corrected chi connectivity index (χ4v) is 1.52. The summed E-state index contributed by atoms with van der Waals surface area (Å²) in [5.74, 6) is -0.590. The van der Waals surface area contributed by atoms with Crippen LogP contribution in [0.25, 0.3) is 0 Å². The van der Waals surface area contributed by atoms with E-state index in [-0.39, 0.29) is 11.7 Å². The Morgan fingerprint density at radius 3 is 2.73 bits per heavy atom. The average Bonchev–Trinajstić information content (AvgIpc) is 2.20. The van der Waals surface area contributed by atoms with Gasteiger partial charge in [-0.05, 0) is 0 Å². The zero-order valence-corrected chi connectivity index (χ0v) is 8.80. The number of methoxy groups -OCH3 is 2. The number of hydrogen-bond acceptors (Lipinski definition) is 5. The molecular weight excluding hydrogens is 200 g/mol. The van der Waals surface area contributed by atoms with Crippen LogP contribution in [0.15, 0.2) is 11.8 Å². The first kappa shape index (κ1) is 12.0. The number of carbonyl (C=O) groups is 1. The number of ether oxygens (including phenoxy) is 3. The van der Waals surface area contributed by atoms with Crippen molar-refractivity contribution in [2.45, 2.75) is 18.2 Å². The molecule has 0 spiro atoms. The van der Waals surface area contributed by atoms with Crippen LogP contribution in [0.1, 0.15) is 0 Å². The highest BCUT2D eigenvalue weighted by Gasteiger charge is 2.36. The van der Waals surface area contributed by atoms with Crippen LogP contribution in [0, 0.1) is 0 Å². The van der Waals surface area contributed by atoms with Crippen molar-refractivity contribution in [1.29, 1.82) is 0 Å². The summed E-state index contributed by atoms with van der Waals surface area (Å²) in [6.45, 7) is 0.337. The molecule has 0 aliphatic carbocycles. The monoisotopic (exact) mass is 216 g/mol. The molecule has 0 radical (unpaired) electrons. The van der Waals surface area contributed by atoms with Crippen LogP contribution in [0.3, 0.4) is 0 Å². The van der Waals surface area contributed by atoms with Gasteiger partial charge in [0.25, 0.3) is 0 Å². The second-order valence-corrected chi connectivity index (χ2v) is 3.30. The molecule has 1 amide bonds. The minimum Gasteiger partial charge on any atom is -0.493 e. The van der Waals surface area contributed by atoms with Crippen LogP contribution >= 0.6 is 0 Å². The van der Waals surface area contributed by atoms with Crippen molar-refractivity contribution in [3.05, 3.63) is 11.8 Å². The normalized spacial score (nSPS) is 30.6. The van der Waals surface area contributed by atoms with E-state index in [9.17, 15) is 4.79 Å². The Bertz CT molecular complexity index is 267. The van der Waals surface area contributed by atoms with Gasteiger partial charge in [-0.3, -0.25) is 4.79 Å². The molecular formula is C9H16N2O4. The van der Waals surface area contributed by atoms with E-state index in [2.05, 4.69) is 0 Å². The zero-order chi connectivity index (χ0) is 11.4. The molecule has 1 heterocycles. The highest BCUT2D eigenvalue weighted by atomic mass is 16.5. The van der Waals surface area contributed by atoms with E-state index in [0.29, 0.717) is 6.61 Å². The van der Waals surface area contributed by atoms with Gasteiger partial charge in [-0.25, -0.2) is 0 Å². The summed E-state index contributed by atoms with van der Waals surface area (Å²) in [5.41, 5.74) is 11.3. The highest BCUT2D eigenvalue weighted by Crippen LogP contribution is 2.20. The van der Waals surface area contributed by atoms with Crippen molar-refractivity contribution in [1.82, 2.24) is 0 Å². The van der Waals surface area contributed by atoms with Crippen LogP contribution in [-0.4, -0.2) is 45.0 Å². The van der Waals surface area contributed by atoms with E-state index >= 15 is 0 Å². The standard InChI is InChI=1S/C9H16N2O4/c1-13-4-6-7(10)8(14-2)5(3-15-6)9(11)12/h3,6-8H,4,10H2,1-2H3,(H2,11,12)/t6-,7-,8-/m1/s1. The molecule has 86 valence electrons. The molecule has 6 nitrogen and oxygen atoms in total. The molecule has 4 N–H and O–H groups in total. The smallest absolute Gasteiger partial charge is 0.250 e. The maximum Gasteiger partial charge on any atom is 0.250 e. The Balaban J connectivity index is 2.82. The van der Waals surface area contributed by atoms with Gasteiger partial charge in [0.05, 0.1) is 24.5 Å². The summed E-state index contributed by atoms with van der Waals surface area (Å²) in [5, 5.41) is 0. The van der Waals surface area contributed by atoms with E-state index in [1.165, 1.54) is 13.4 Å². The summed E-state index contributed by atoms with van der Waals surface area (Å²) in [4.78, 5) is 11.0. The Morgan fingerprint density at radius 1 is 1.60 bits per heavy atom. The molecule has 0 unspecified atom stereocenters. The molecule has 0 aromatic rings. The largest absolute Gasteiger partial charge is 0.493 e. The second kappa shape index (κ2) is 5.11. The average molecular weight is 216 g/mol. The summed E-state index contributed by atoms with van der Waals surface area (Å²) < 4.78 is 15.3. The molecule has 15 heavy (non-hydrogen) atoms. The lowest BCUT2D eigenvalue weighted by atomic mass is 9.96. The molecule has 0 saturated heterocycles. The van der Waals surface area contributed by atoms with Gasteiger partial charge in [0.15, 0.2) is 0 Å². The highest BCUT2D eigenvalue weighted by molar-refractivity contribution is 5.93. The third-order valence-corrected chi connectivity index (χ3v) is 2.32. The third kappa shape index (κ3) is 2.47.